The predicted molar refractivity (Wildman–Crippen MR) is 45.5 cm³/mol. The highest BCUT2D eigenvalue weighted by molar-refractivity contribution is 14.2. The summed E-state index contributed by atoms with van der Waals surface area (Å²) < 4.78 is 13.9. The van der Waals surface area contributed by atoms with Gasteiger partial charge in [0, 0.05) is 4.01 Å². The maximum Gasteiger partial charge on any atom is 0.124 e. The van der Waals surface area contributed by atoms with Gasteiger partial charge in [-0.2, -0.15) is 0 Å². The third kappa shape index (κ3) is 4.43. The van der Waals surface area contributed by atoms with Crippen molar-refractivity contribution in [1.29, 1.82) is 0 Å². The molecule has 0 spiro atoms. The quantitative estimate of drug-likeness (QED) is 0.503. The van der Waals surface area contributed by atoms with Gasteiger partial charge < -0.3 is 0 Å². The Morgan fingerprint density at radius 3 is 2.75 bits per heavy atom. The highest BCUT2D eigenvalue weighted by atomic mass is 127. The first-order chi connectivity index (χ1) is 3.81. The topological polar surface area (TPSA) is 0 Å². The van der Waals surface area contributed by atoms with Crippen LogP contribution in [0, 0.1) is 0 Å². The SMILES string of the molecule is CC/C=C(/F)C=IC. The van der Waals surface area contributed by atoms with Crippen LogP contribution in [0.5, 0.6) is 0 Å². The van der Waals surface area contributed by atoms with E-state index >= 15 is 0 Å². The highest BCUT2D eigenvalue weighted by Crippen LogP contribution is 1.98. The number of hydrogen-bond acceptors (Lipinski definition) is 0. The van der Waals surface area contributed by atoms with Crippen LogP contribution >= 0.6 is 20.7 Å². The zero-order chi connectivity index (χ0) is 6.41. The monoisotopic (exact) mass is 228 g/mol. The van der Waals surface area contributed by atoms with Gasteiger partial charge in [0.25, 0.3) is 0 Å². The number of halogens is 2. The molecule has 0 nitrogen and oxygen atoms in total. The Morgan fingerprint density at radius 1 is 1.75 bits per heavy atom. The molecule has 0 aromatic heterocycles. The maximum absolute atomic E-state index is 12.2. The van der Waals surface area contributed by atoms with E-state index < -0.39 is 0 Å². The average Bonchev–Trinajstić information content (AvgIpc) is 1.68. The third-order valence-corrected chi connectivity index (χ3v) is 1.83. The molecule has 0 saturated carbocycles. The predicted octanol–water partition coefficient (Wildman–Crippen LogP) is 2.65. The zero-order valence-corrected chi connectivity index (χ0v) is 7.28. The summed E-state index contributed by atoms with van der Waals surface area (Å²) in [4.78, 5) is 2.03. The highest BCUT2D eigenvalue weighted by Gasteiger charge is 1.80. The van der Waals surface area contributed by atoms with Crippen LogP contribution in [0.25, 0.3) is 0 Å². The second-order valence-corrected chi connectivity index (χ2v) is 3.19. The van der Waals surface area contributed by atoms with E-state index in [9.17, 15) is 4.39 Å². The molecule has 8 heavy (non-hydrogen) atoms. The standard InChI is InChI=1S/C6H10FI/c1-3-4-6(7)5-8-2/h4-5H,3H2,1-2H3/b6-4+. The first-order valence-electron chi connectivity index (χ1n) is 2.48. The molecule has 0 amide bonds. The molecule has 0 aromatic rings. The molecular formula is C6H10FI. The van der Waals surface area contributed by atoms with Crippen molar-refractivity contribution in [1.82, 2.24) is 0 Å². The number of hydrogen-bond donors (Lipinski definition) is 0. The Bertz CT molecular complexity index is 105. The van der Waals surface area contributed by atoms with Crippen LogP contribution in [0.4, 0.5) is 4.39 Å². The number of rotatable bonds is 2. The first kappa shape index (κ1) is 8.27. The summed E-state index contributed by atoms with van der Waals surface area (Å²) in [6, 6.07) is 0. The van der Waals surface area contributed by atoms with Gasteiger partial charge in [-0.1, -0.05) is 6.92 Å². The molecule has 0 heterocycles. The van der Waals surface area contributed by atoms with Gasteiger partial charge in [0.1, 0.15) is 5.83 Å². The second kappa shape index (κ2) is 5.41. The Labute approximate surface area is 59.5 Å². The molecule has 0 atom stereocenters. The van der Waals surface area contributed by atoms with Crippen molar-refractivity contribution in [3.8, 4) is 0 Å². The van der Waals surface area contributed by atoms with E-state index in [0.29, 0.717) is 0 Å². The molecule has 0 aliphatic heterocycles. The Balaban J connectivity index is 3.61. The molecule has 0 aliphatic rings. The van der Waals surface area contributed by atoms with Gasteiger partial charge in [0.15, 0.2) is 0 Å². The van der Waals surface area contributed by atoms with Gasteiger partial charge in [0.2, 0.25) is 0 Å². The summed E-state index contributed by atoms with van der Waals surface area (Å²) in [6.07, 6.45) is 2.40. The summed E-state index contributed by atoms with van der Waals surface area (Å²) in [5.74, 6) is -0.0391. The van der Waals surface area contributed by atoms with Crippen molar-refractivity contribution >= 4 is 24.7 Å². The summed E-state index contributed by atoms with van der Waals surface area (Å²) in [5, 5.41) is 0. The normalized spacial score (nSPS) is 14.1. The lowest BCUT2D eigenvalue weighted by Crippen LogP contribution is -1.68. The van der Waals surface area contributed by atoms with Crippen molar-refractivity contribution in [3.63, 3.8) is 0 Å². The van der Waals surface area contributed by atoms with Gasteiger partial charge >= 0.3 is 0 Å². The van der Waals surface area contributed by atoms with Crippen LogP contribution < -0.4 is 0 Å². The van der Waals surface area contributed by atoms with E-state index in [1.165, 1.54) is 0 Å². The van der Waals surface area contributed by atoms with Crippen molar-refractivity contribution in [2.45, 2.75) is 13.3 Å². The van der Waals surface area contributed by atoms with Crippen LogP contribution in [0.2, 0.25) is 0 Å². The van der Waals surface area contributed by atoms with Crippen molar-refractivity contribution < 1.29 is 4.39 Å². The largest absolute Gasteiger partial charge is 0.207 e. The van der Waals surface area contributed by atoms with Crippen molar-refractivity contribution in [2.24, 2.45) is 0 Å². The van der Waals surface area contributed by atoms with Crippen molar-refractivity contribution in [3.05, 3.63) is 11.9 Å². The lowest BCUT2D eigenvalue weighted by Gasteiger charge is -1.80. The minimum absolute atomic E-state index is 0.0136. The van der Waals surface area contributed by atoms with Crippen LogP contribution in [-0.2, 0) is 0 Å². The summed E-state index contributed by atoms with van der Waals surface area (Å²) in [5.41, 5.74) is 0. The second-order valence-electron chi connectivity index (χ2n) is 1.32. The Kier molecular flexibility index (Phi) is 5.59. The van der Waals surface area contributed by atoms with Crippen LogP contribution in [0.3, 0.4) is 0 Å². The fraction of sp³-hybridized carbons (Fsp3) is 0.500. The van der Waals surface area contributed by atoms with Gasteiger partial charge in [-0.05, 0) is 17.4 Å². The lowest BCUT2D eigenvalue weighted by atomic mass is 10.4. The van der Waals surface area contributed by atoms with E-state index in [-0.39, 0.29) is 26.6 Å². The minimum atomic E-state index is -0.0391. The van der Waals surface area contributed by atoms with E-state index in [0.717, 1.165) is 6.42 Å². The molecular weight excluding hydrogens is 218 g/mol. The Hall–Kier alpha value is 0.270. The van der Waals surface area contributed by atoms with E-state index in [1.54, 1.807) is 10.1 Å². The summed E-state index contributed by atoms with van der Waals surface area (Å²) in [7, 11) is 0. The lowest BCUT2D eigenvalue weighted by molar-refractivity contribution is 0.683. The van der Waals surface area contributed by atoms with Gasteiger partial charge in [-0.3, -0.25) is 0 Å². The maximum atomic E-state index is 12.2. The van der Waals surface area contributed by atoms with Crippen molar-refractivity contribution in [2.75, 3.05) is 4.93 Å². The number of alkyl halides is 1. The minimum Gasteiger partial charge on any atom is -0.207 e. The molecule has 48 valence electrons. The van der Waals surface area contributed by atoms with E-state index in [1.807, 2.05) is 11.9 Å². The van der Waals surface area contributed by atoms with Gasteiger partial charge in [0.05, 0.1) is 0 Å². The molecule has 0 rings (SSSR count). The summed E-state index contributed by atoms with van der Waals surface area (Å²) in [6.45, 7) is 1.93. The molecule has 0 N–H and O–H groups in total. The fourth-order valence-electron chi connectivity index (χ4n) is 0.344. The van der Waals surface area contributed by atoms with Crippen LogP contribution in [0.15, 0.2) is 11.9 Å². The fourth-order valence-corrected chi connectivity index (χ4v) is 1.19. The summed E-state index contributed by atoms with van der Waals surface area (Å²) >= 11 is -0.0136. The number of allylic oxidation sites excluding steroid dienone is 2. The molecule has 0 aromatic carbocycles. The molecule has 0 aliphatic carbocycles. The van der Waals surface area contributed by atoms with Gasteiger partial charge in [-0.25, -0.2) is 4.39 Å². The zero-order valence-electron chi connectivity index (χ0n) is 5.12. The third-order valence-electron chi connectivity index (χ3n) is 0.612. The van der Waals surface area contributed by atoms with Crippen LogP contribution in [0.1, 0.15) is 13.3 Å². The first-order valence-corrected chi connectivity index (χ1v) is 5.88. The molecule has 0 unspecified atom stereocenters. The molecule has 0 radical (unpaired) electrons. The smallest absolute Gasteiger partial charge is 0.124 e. The average molecular weight is 228 g/mol. The molecule has 2 heteroatoms. The molecule has 0 fully saturated rings. The molecule has 0 saturated heterocycles. The van der Waals surface area contributed by atoms with E-state index in [2.05, 4.69) is 0 Å². The Morgan fingerprint density at radius 2 is 2.38 bits per heavy atom. The molecule has 0 bridgehead atoms. The van der Waals surface area contributed by atoms with E-state index in [4.69, 9.17) is 0 Å². The van der Waals surface area contributed by atoms with Gasteiger partial charge in [-0.15, -0.1) is 20.7 Å². The van der Waals surface area contributed by atoms with Crippen LogP contribution in [-0.4, -0.2) is 8.94 Å².